The molecule has 1 aliphatic heterocycles. The number of benzene rings is 2. The molecule has 3 unspecified atom stereocenters. The minimum Gasteiger partial charge on any atom is -0.438 e. The van der Waals surface area contributed by atoms with Gasteiger partial charge in [-0.05, 0) is 74.9 Å². The van der Waals surface area contributed by atoms with Gasteiger partial charge in [0.1, 0.15) is 5.82 Å². The molecule has 1 saturated carbocycles. The van der Waals surface area contributed by atoms with E-state index >= 15 is 0 Å². The number of aliphatic imine (C=N–C) groups is 1. The van der Waals surface area contributed by atoms with E-state index in [-0.39, 0.29) is 17.9 Å². The molecule has 0 bridgehead atoms. The van der Waals surface area contributed by atoms with Crippen LogP contribution in [0.25, 0.3) is 0 Å². The van der Waals surface area contributed by atoms with Crippen molar-refractivity contribution in [3.8, 4) is 0 Å². The van der Waals surface area contributed by atoms with Crippen molar-refractivity contribution in [1.29, 1.82) is 0 Å². The van der Waals surface area contributed by atoms with Gasteiger partial charge in [0, 0.05) is 19.0 Å². The minimum atomic E-state index is -0.927. The standard InChI is InChI=1S/C32H44FN3O3/c1-5-19-32(39-31(37)38-4)29(36(23-34-32)20-18-24-10-7-6-8-11-24)21-25-14-16-26(17-15-25)30(35(2)3)27-12-9-13-28(33)22-27/h6-13,22-23,25-26,29-30H,5,14-21H2,1-4H3. The average molecular weight is 538 g/mol. The Balaban J connectivity index is 1.47. The van der Waals surface area contributed by atoms with Crippen LogP contribution < -0.4 is 0 Å². The molecule has 4 rings (SSSR count). The number of ether oxygens (including phenoxy) is 2. The predicted molar refractivity (Wildman–Crippen MR) is 153 cm³/mol. The molecule has 0 aromatic heterocycles. The lowest BCUT2D eigenvalue weighted by atomic mass is 9.73. The molecule has 3 atom stereocenters. The first-order valence-electron chi connectivity index (χ1n) is 14.4. The van der Waals surface area contributed by atoms with Gasteiger partial charge in [-0.25, -0.2) is 14.2 Å². The lowest BCUT2D eigenvalue weighted by molar-refractivity contribution is -0.0623. The fraction of sp³-hybridized carbons (Fsp3) is 0.562. The third-order valence-electron chi connectivity index (χ3n) is 8.52. The second kappa shape index (κ2) is 13.4. The van der Waals surface area contributed by atoms with Crippen LogP contribution in [0.5, 0.6) is 0 Å². The van der Waals surface area contributed by atoms with Gasteiger partial charge >= 0.3 is 6.16 Å². The van der Waals surface area contributed by atoms with E-state index in [1.165, 1.54) is 18.7 Å². The fourth-order valence-corrected chi connectivity index (χ4v) is 6.69. The van der Waals surface area contributed by atoms with E-state index in [1.54, 1.807) is 6.07 Å². The Morgan fingerprint density at radius 2 is 1.87 bits per heavy atom. The summed E-state index contributed by atoms with van der Waals surface area (Å²) in [6.07, 6.45) is 8.87. The molecule has 7 heteroatoms. The van der Waals surface area contributed by atoms with Gasteiger partial charge < -0.3 is 19.3 Å². The van der Waals surface area contributed by atoms with E-state index in [1.807, 2.05) is 24.5 Å². The molecule has 1 heterocycles. The Bertz CT molecular complexity index is 1090. The van der Waals surface area contributed by atoms with Gasteiger partial charge in [0.2, 0.25) is 5.72 Å². The van der Waals surface area contributed by atoms with Crippen molar-refractivity contribution in [3.05, 3.63) is 71.5 Å². The van der Waals surface area contributed by atoms with Crippen LogP contribution in [0.15, 0.2) is 59.6 Å². The fourth-order valence-electron chi connectivity index (χ4n) is 6.69. The summed E-state index contributed by atoms with van der Waals surface area (Å²) in [5, 5.41) is 0. The zero-order chi connectivity index (χ0) is 27.8. The first kappa shape index (κ1) is 29.1. The molecule has 0 radical (unpaired) electrons. The normalized spacial score (nSPS) is 25.6. The molecule has 0 spiro atoms. The zero-order valence-corrected chi connectivity index (χ0v) is 23.9. The van der Waals surface area contributed by atoms with E-state index < -0.39 is 11.9 Å². The molecule has 39 heavy (non-hydrogen) atoms. The summed E-state index contributed by atoms with van der Waals surface area (Å²) in [5.41, 5.74) is 1.40. The van der Waals surface area contributed by atoms with Crippen LogP contribution in [-0.2, 0) is 15.9 Å². The summed E-state index contributed by atoms with van der Waals surface area (Å²) < 4.78 is 24.9. The molecule has 2 aromatic rings. The molecule has 2 aromatic carbocycles. The number of nitrogens with zero attached hydrogens (tertiary/aromatic N) is 3. The number of hydrogen-bond donors (Lipinski definition) is 0. The summed E-state index contributed by atoms with van der Waals surface area (Å²) in [5.74, 6) is 0.793. The molecular weight excluding hydrogens is 493 g/mol. The Hall–Kier alpha value is -2.93. The third kappa shape index (κ3) is 7.18. The Morgan fingerprint density at radius 3 is 2.51 bits per heavy atom. The summed E-state index contributed by atoms with van der Waals surface area (Å²) in [4.78, 5) is 21.7. The van der Waals surface area contributed by atoms with Crippen LogP contribution in [0.2, 0.25) is 0 Å². The quantitative estimate of drug-likeness (QED) is 0.293. The lowest BCUT2D eigenvalue weighted by Crippen LogP contribution is -2.50. The molecule has 1 aliphatic carbocycles. The lowest BCUT2D eigenvalue weighted by Gasteiger charge is -2.41. The molecule has 2 aliphatic rings. The minimum absolute atomic E-state index is 0.0327. The summed E-state index contributed by atoms with van der Waals surface area (Å²) in [6.45, 7) is 2.91. The third-order valence-corrected chi connectivity index (χ3v) is 8.52. The van der Waals surface area contributed by atoms with Crippen LogP contribution in [0.4, 0.5) is 9.18 Å². The highest BCUT2D eigenvalue weighted by atomic mass is 19.1. The highest BCUT2D eigenvalue weighted by Crippen LogP contribution is 2.43. The number of hydrogen-bond acceptors (Lipinski definition) is 6. The van der Waals surface area contributed by atoms with E-state index in [9.17, 15) is 9.18 Å². The molecule has 0 saturated heterocycles. The second-order valence-electron chi connectivity index (χ2n) is 11.4. The maximum atomic E-state index is 14.0. The van der Waals surface area contributed by atoms with Crippen LogP contribution in [0.3, 0.4) is 0 Å². The summed E-state index contributed by atoms with van der Waals surface area (Å²) >= 11 is 0. The Labute approximate surface area is 233 Å². The predicted octanol–water partition coefficient (Wildman–Crippen LogP) is 6.86. The first-order valence-corrected chi connectivity index (χ1v) is 14.4. The van der Waals surface area contributed by atoms with Crippen LogP contribution in [0.1, 0.15) is 69.0 Å². The summed E-state index contributed by atoms with van der Waals surface area (Å²) in [6, 6.07) is 17.7. The van der Waals surface area contributed by atoms with Gasteiger partial charge in [-0.15, -0.1) is 0 Å². The van der Waals surface area contributed by atoms with E-state index in [0.717, 1.165) is 57.1 Å². The van der Waals surface area contributed by atoms with Crippen LogP contribution in [-0.4, -0.2) is 61.8 Å². The molecule has 6 nitrogen and oxygen atoms in total. The van der Waals surface area contributed by atoms with E-state index in [0.29, 0.717) is 18.3 Å². The number of rotatable bonds is 11. The van der Waals surface area contributed by atoms with Crippen molar-refractivity contribution < 1.29 is 18.7 Å². The number of methoxy groups -OCH3 is 1. The number of carbonyl (C=O) groups excluding carboxylic acids is 1. The van der Waals surface area contributed by atoms with Crippen molar-refractivity contribution in [3.63, 3.8) is 0 Å². The monoisotopic (exact) mass is 537 g/mol. The largest absolute Gasteiger partial charge is 0.510 e. The smallest absolute Gasteiger partial charge is 0.438 e. The Morgan fingerprint density at radius 1 is 1.13 bits per heavy atom. The molecule has 1 fully saturated rings. The van der Waals surface area contributed by atoms with E-state index in [4.69, 9.17) is 14.5 Å². The topological polar surface area (TPSA) is 54.4 Å². The van der Waals surface area contributed by atoms with Crippen molar-refractivity contribution in [1.82, 2.24) is 9.80 Å². The van der Waals surface area contributed by atoms with Gasteiger partial charge in [0.25, 0.3) is 0 Å². The molecule has 212 valence electrons. The van der Waals surface area contributed by atoms with Gasteiger partial charge in [-0.1, -0.05) is 68.7 Å². The van der Waals surface area contributed by atoms with Crippen molar-refractivity contribution in [2.24, 2.45) is 16.8 Å². The van der Waals surface area contributed by atoms with Crippen molar-refractivity contribution in [2.75, 3.05) is 27.7 Å². The van der Waals surface area contributed by atoms with Gasteiger partial charge in [0.05, 0.1) is 19.5 Å². The Kier molecular flexibility index (Phi) is 10.0. The first-order chi connectivity index (χ1) is 18.8. The van der Waals surface area contributed by atoms with Crippen LogP contribution in [0, 0.1) is 17.7 Å². The molecule has 0 amide bonds. The van der Waals surface area contributed by atoms with Gasteiger partial charge in [-0.2, -0.15) is 0 Å². The average Bonchev–Trinajstić information content (AvgIpc) is 3.25. The van der Waals surface area contributed by atoms with E-state index in [2.05, 4.69) is 55.1 Å². The number of halogens is 1. The number of carbonyl (C=O) groups is 1. The molecule has 0 N–H and O–H groups in total. The summed E-state index contributed by atoms with van der Waals surface area (Å²) in [7, 11) is 5.53. The van der Waals surface area contributed by atoms with Crippen molar-refractivity contribution >= 4 is 12.5 Å². The van der Waals surface area contributed by atoms with Gasteiger partial charge in [0.15, 0.2) is 0 Å². The SMILES string of the molecule is CCCC1(OC(=O)OC)N=CN(CCc2ccccc2)C1CC1CCC(C(c2cccc(F)c2)N(C)C)CC1. The van der Waals surface area contributed by atoms with Gasteiger partial charge in [-0.3, -0.25) is 0 Å². The van der Waals surface area contributed by atoms with Crippen molar-refractivity contribution in [2.45, 2.75) is 76.1 Å². The maximum Gasteiger partial charge on any atom is 0.510 e. The maximum absolute atomic E-state index is 14.0. The van der Waals surface area contributed by atoms with Crippen LogP contribution >= 0.6 is 0 Å². The molecular formula is C32H44FN3O3. The highest BCUT2D eigenvalue weighted by molar-refractivity contribution is 5.64. The highest BCUT2D eigenvalue weighted by Gasteiger charge is 2.49. The second-order valence-corrected chi connectivity index (χ2v) is 11.4. The zero-order valence-electron chi connectivity index (χ0n) is 23.9.